The second-order valence-corrected chi connectivity index (χ2v) is 5.33. The smallest absolute Gasteiger partial charge is 0.258 e. The van der Waals surface area contributed by atoms with Gasteiger partial charge in [0, 0.05) is 16.9 Å². The van der Waals surface area contributed by atoms with Crippen molar-refractivity contribution in [3.05, 3.63) is 95.8 Å². The summed E-state index contributed by atoms with van der Waals surface area (Å²) in [6.45, 7) is 0. The molecule has 0 aliphatic heterocycles. The normalized spacial score (nSPS) is 10.1. The van der Waals surface area contributed by atoms with Crippen molar-refractivity contribution in [3.63, 3.8) is 0 Å². The molecular weight excluding hydrogens is 319 g/mol. The van der Waals surface area contributed by atoms with Crippen LogP contribution in [0.25, 0.3) is 0 Å². The minimum absolute atomic E-state index is 0.0540. The number of hydrogen-bond donors (Lipinski definition) is 2. The van der Waals surface area contributed by atoms with Gasteiger partial charge in [0.1, 0.15) is 5.82 Å². The summed E-state index contributed by atoms with van der Waals surface area (Å²) in [6, 6.07) is 21.2. The fourth-order valence-corrected chi connectivity index (χ4v) is 2.31. The van der Waals surface area contributed by atoms with E-state index in [-0.39, 0.29) is 11.5 Å². The molecule has 0 bridgehead atoms. The van der Waals surface area contributed by atoms with E-state index >= 15 is 0 Å². The maximum atomic E-state index is 13.7. The van der Waals surface area contributed by atoms with Gasteiger partial charge in [-0.05, 0) is 42.5 Å². The number of carbonyl (C=O) groups is 2. The molecule has 0 aliphatic carbocycles. The van der Waals surface area contributed by atoms with Crippen molar-refractivity contribution in [1.82, 2.24) is 0 Å². The first kappa shape index (κ1) is 16.4. The van der Waals surface area contributed by atoms with Gasteiger partial charge in [0.15, 0.2) is 0 Å². The van der Waals surface area contributed by atoms with Gasteiger partial charge in [-0.1, -0.05) is 36.4 Å². The zero-order valence-electron chi connectivity index (χ0n) is 13.2. The Morgan fingerprint density at radius 2 is 1.32 bits per heavy atom. The van der Waals surface area contributed by atoms with Gasteiger partial charge in [0.05, 0.1) is 5.56 Å². The molecule has 4 nitrogen and oxygen atoms in total. The Hall–Kier alpha value is -3.47. The molecule has 5 heteroatoms. The molecule has 0 heterocycles. The van der Waals surface area contributed by atoms with Crippen LogP contribution in [0.5, 0.6) is 0 Å². The van der Waals surface area contributed by atoms with E-state index in [1.54, 1.807) is 36.4 Å². The Bertz CT molecular complexity index is 910. The zero-order valence-corrected chi connectivity index (χ0v) is 13.2. The Morgan fingerprint density at radius 3 is 2.08 bits per heavy atom. The largest absolute Gasteiger partial charge is 0.322 e. The van der Waals surface area contributed by atoms with Crippen LogP contribution >= 0.6 is 0 Å². The second kappa shape index (κ2) is 7.40. The highest BCUT2D eigenvalue weighted by Gasteiger charge is 2.12. The first-order chi connectivity index (χ1) is 12.1. The second-order valence-electron chi connectivity index (χ2n) is 5.33. The molecule has 0 atom stereocenters. The van der Waals surface area contributed by atoms with Crippen molar-refractivity contribution in [1.29, 1.82) is 0 Å². The van der Waals surface area contributed by atoms with Crippen LogP contribution in [0.1, 0.15) is 20.7 Å². The van der Waals surface area contributed by atoms with Gasteiger partial charge in [-0.15, -0.1) is 0 Å². The van der Waals surface area contributed by atoms with Crippen molar-refractivity contribution in [2.45, 2.75) is 0 Å². The molecule has 3 rings (SSSR count). The van der Waals surface area contributed by atoms with E-state index in [0.29, 0.717) is 16.9 Å². The van der Waals surface area contributed by atoms with Crippen LogP contribution in [0.15, 0.2) is 78.9 Å². The SMILES string of the molecule is O=C(Nc1ccccc1)c1cccc(NC(=O)c2ccccc2F)c1. The first-order valence-electron chi connectivity index (χ1n) is 7.66. The third-order valence-corrected chi connectivity index (χ3v) is 3.53. The van der Waals surface area contributed by atoms with E-state index in [2.05, 4.69) is 10.6 Å². The number of halogens is 1. The summed E-state index contributed by atoms with van der Waals surface area (Å²) in [7, 11) is 0. The number of hydrogen-bond acceptors (Lipinski definition) is 2. The van der Waals surface area contributed by atoms with E-state index < -0.39 is 11.7 Å². The minimum Gasteiger partial charge on any atom is -0.322 e. The summed E-state index contributed by atoms with van der Waals surface area (Å²) in [6.07, 6.45) is 0. The predicted molar refractivity (Wildman–Crippen MR) is 95.2 cm³/mol. The lowest BCUT2D eigenvalue weighted by Crippen LogP contribution is -2.15. The maximum Gasteiger partial charge on any atom is 0.258 e. The number of carbonyl (C=O) groups excluding carboxylic acids is 2. The van der Waals surface area contributed by atoms with Crippen LogP contribution in [-0.2, 0) is 0 Å². The summed E-state index contributed by atoms with van der Waals surface area (Å²) in [4.78, 5) is 24.4. The molecule has 3 aromatic carbocycles. The van der Waals surface area contributed by atoms with E-state index in [1.807, 2.05) is 18.2 Å². The molecular formula is C20H15FN2O2. The van der Waals surface area contributed by atoms with Crippen LogP contribution in [0.2, 0.25) is 0 Å². The van der Waals surface area contributed by atoms with Gasteiger partial charge in [0.2, 0.25) is 0 Å². The number of amides is 2. The fraction of sp³-hybridized carbons (Fsp3) is 0. The van der Waals surface area contributed by atoms with Crippen molar-refractivity contribution in [2.24, 2.45) is 0 Å². The van der Waals surface area contributed by atoms with Crippen molar-refractivity contribution in [2.75, 3.05) is 10.6 Å². The number of benzene rings is 3. The molecule has 0 saturated carbocycles. The average Bonchev–Trinajstić information content (AvgIpc) is 2.63. The summed E-state index contributed by atoms with van der Waals surface area (Å²) < 4.78 is 13.7. The molecule has 0 saturated heterocycles. The maximum absolute atomic E-state index is 13.7. The summed E-state index contributed by atoms with van der Waals surface area (Å²) in [5, 5.41) is 5.37. The lowest BCUT2D eigenvalue weighted by molar-refractivity contribution is 0.101. The molecule has 0 fully saturated rings. The first-order valence-corrected chi connectivity index (χ1v) is 7.66. The molecule has 0 radical (unpaired) electrons. The third-order valence-electron chi connectivity index (χ3n) is 3.53. The zero-order chi connectivity index (χ0) is 17.6. The van der Waals surface area contributed by atoms with Gasteiger partial charge >= 0.3 is 0 Å². The topological polar surface area (TPSA) is 58.2 Å². The molecule has 0 aliphatic rings. The minimum atomic E-state index is -0.599. The van der Waals surface area contributed by atoms with Crippen LogP contribution in [0.3, 0.4) is 0 Å². The predicted octanol–water partition coefficient (Wildman–Crippen LogP) is 4.33. The molecule has 124 valence electrons. The highest BCUT2D eigenvalue weighted by Crippen LogP contribution is 2.15. The highest BCUT2D eigenvalue weighted by molar-refractivity contribution is 6.07. The van der Waals surface area contributed by atoms with E-state index in [9.17, 15) is 14.0 Å². The lowest BCUT2D eigenvalue weighted by Gasteiger charge is -2.09. The summed E-state index contributed by atoms with van der Waals surface area (Å²) >= 11 is 0. The van der Waals surface area contributed by atoms with Crippen molar-refractivity contribution < 1.29 is 14.0 Å². The highest BCUT2D eigenvalue weighted by atomic mass is 19.1. The van der Waals surface area contributed by atoms with Crippen LogP contribution in [0.4, 0.5) is 15.8 Å². The van der Waals surface area contributed by atoms with Crippen LogP contribution < -0.4 is 10.6 Å². The molecule has 2 N–H and O–H groups in total. The average molecular weight is 334 g/mol. The molecule has 25 heavy (non-hydrogen) atoms. The number of para-hydroxylation sites is 1. The monoisotopic (exact) mass is 334 g/mol. The standard InChI is InChI=1S/C20H15FN2O2/c21-18-12-5-4-11-17(18)20(25)23-16-10-6-7-14(13-16)19(24)22-15-8-2-1-3-9-15/h1-13H,(H,22,24)(H,23,25). The third kappa shape index (κ3) is 4.09. The number of anilines is 2. The van der Waals surface area contributed by atoms with Gasteiger partial charge in [-0.2, -0.15) is 0 Å². The summed E-state index contributed by atoms with van der Waals surface area (Å²) in [5.41, 5.74) is 1.42. The van der Waals surface area contributed by atoms with E-state index in [1.165, 1.54) is 24.3 Å². The van der Waals surface area contributed by atoms with Crippen molar-refractivity contribution in [3.8, 4) is 0 Å². The molecule has 3 aromatic rings. The lowest BCUT2D eigenvalue weighted by atomic mass is 10.1. The van der Waals surface area contributed by atoms with Gasteiger partial charge in [-0.25, -0.2) is 4.39 Å². The Balaban J connectivity index is 1.74. The molecule has 2 amide bonds. The molecule has 0 aromatic heterocycles. The summed E-state index contributed by atoms with van der Waals surface area (Å²) in [5.74, 6) is -1.47. The van der Waals surface area contributed by atoms with Crippen molar-refractivity contribution >= 4 is 23.2 Å². The van der Waals surface area contributed by atoms with E-state index in [0.717, 1.165) is 0 Å². The van der Waals surface area contributed by atoms with Gasteiger partial charge < -0.3 is 10.6 Å². The number of rotatable bonds is 4. The van der Waals surface area contributed by atoms with Gasteiger partial charge in [-0.3, -0.25) is 9.59 Å². The molecule has 0 unspecified atom stereocenters. The quantitative estimate of drug-likeness (QED) is 0.746. The Kier molecular flexibility index (Phi) is 4.85. The van der Waals surface area contributed by atoms with E-state index in [4.69, 9.17) is 0 Å². The van der Waals surface area contributed by atoms with Crippen LogP contribution in [0, 0.1) is 5.82 Å². The molecule has 0 spiro atoms. The van der Waals surface area contributed by atoms with Gasteiger partial charge in [0.25, 0.3) is 11.8 Å². The Labute approximate surface area is 144 Å². The number of nitrogens with one attached hydrogen (secondary N) is 2. The Morgan fingerprint density at radius 1 is 0.680 bits per heavy atom. The van der Waals surface area contributed by atoms with Crippen LogP contribution in [-0.4, -0.2) is 11.8 Å². The fourth-order valence-electron chi connectivity index (χ4n) is 2.31.